The Bertz CT molecular complexity index is 217. The molecular formula is C9H16O5. The number of rotatable bonds is 2. The molecule has 2 N–H and O–H groups in total. The number of fused-ring (bicyclic) bond motifs is 1. The van der Waals surface area contributed by atoms with Gasteiger partial charge in [0.2, 0.25) is 0 Å². The van der Waals surface area contributed by atoms with Crippen LogP contribution in [0.25, 0.3) is 0 Å². The SMILES string of the molecule is CC1(C)OC2CO[C@@H](C(O)CO)C2O1. The first-order valence-corrected chi connectivity index (χ1v) is 4.79. The van der Waals surface area contributed by atoms with E-state index >= 15 is 0 Å². The molecule has 2 aliphatic heterocycles. The van der Waals surface area contributed by atoms with Gasteiger partial charge in [-0.2, -0.15) is 0 Å². The standard InChI is InChI=1S/C9H16O5/c1-9(2)13-6-4-12-7(5(11)3-10)8(6)14-9/h5-8,10-11H,3-4H2,1-2H3/t5?,6?,7-,8?/m0/s1. The van der Waals surface area contributed by atoms with E-state index in [1.54, 1.807) is 0 Å². The summed E-state index contributed by atoms with van der Waals surface area (Å²) in [5, 5.41) is 18.3. The van der Waals surface area contributed by atoms with Crippen molar-refractivity contribution < 1.29 is 24.4 Å². The summed E-state index contributed by atoms with van der Waals surface area (Å²) in [5.41, 5.74) is 0. The van der Waals surface area contributed by atoms with E-state index in [9.17, 15) is 5.11 Å². The van der Waals surface area contributed by atoms with Crippen LogP contribution in [0.2, 0.25) is 0 Å². The third-order valence-electron chi connectivity index (χ3n) is 2.56. The lowest BCUT2D eigenvalue weighted by Gasteiger charge is -2.23. The third kappa shape index (κ3) is 1.66. The number of hydrogen-bond donors (Lipinski definition) is 2. The van der Waals surface area contributed by atoms with Gasteiger partial charge in [-0.25, -0.2) is 0 Å². The fourth-order valence-corrected chi connectivity index (χ4v) is 2.01. The molecule has 2 heterocycles. The van der Waals surface area contributed by atoms with E-state index in [0.717, 1.165) is 0 Å². The summed E-state index contributed by atoms with van der Waals surface area (Å²) in [6.45, 7) is 3.74. The van der Waals surface area contributed by atoms with E-state index < -0.39 is 18.0 Å². The van der Waals surface area contributed by atoms with E-state index in [-0.39, 0.29) is 18.8 Å². The predicted molar refractivity (Wildman–Crippen MR) is 46.7 cm³/mol. The molecule has 0 aromatic rings. The van der Waals surface area contributed by atoms with Crippen LogP contribution in [-0.4, -0.2) is 53.6 Å². The highest BCUT2D eigenvalue weighted by atomic mass is 16.8. The zero-order valence-corrected chi connectivity index (χ0v) is 8.34. The van der Waals surface area contributed by atoms with Crippen molar-refractivity contribution in [2.24, 2.45) is 0 Å². The molecule has 0 saturated carbocycles. The first-order valence-electron chi connectivity index (χ1n) is 4.79. The number of hydrogen-bond acceptors (Lipinski definition) is 5. The summed E-state index contributed by atoms with van der Waals surface area (Å²) < 4.78 is 16.5. The average Bonchev–Trinajstić information content (AvgIpc) is 2.58. The molecule has 0 aromatic heterocycles. The topological polar surface area (TPSA) is 68.2 Å². The molecule has 14 heavy (non-hydrogen) atoms. The summed E-state index contributed by atoms with van der Waals surface area (Å²) in [4.78, 5) is 0. The van der Waals surface area contributed by atoms with E-state index in [1.165, 1.54) is 0 Å². The fourth-order valence-electron chi connectivity index (χ4n) is 2.01. The van der Waals surface area contributed by atoms with Crippen LogP contribution in [-0.2, 0) is 14.2 Å². The molecular weight excluding hydrogens is 188 g/mol. The Morgan fingerprint density at radius 2 is 2.14 bits per heavy atom. The predicted octanol–water partition coefficient (Wildman–Crippen LogP) is -0.742. The Kier molecular flexibility index (Phi) is 2.53. The van der Waals surface area contributed by atoms with E-state index in [0.29, 0.717) is 6.61 Å². The van der Waals surface area contributed by atoms with Crippen molar-refractivity contribution in [1.29, 1.82) is 0 Å². The van der Waals surface area contributed by atoms with Gasteiger partial charge >= 0.3 is 0 Å². The van der Waals surface area contributed by atoms with Gasteiger partial charge in [0.05, 0.1) is 13.2 Å². The third-order valence-corrected chi connectivity index (χ3v) is 2.56. The molecule has 3 unspecified atom stereocenters. The second-order valence-electron chi connectivity index (χ2n) is 4.19. The normalized spacial score (nSPS) is 42.4. The average molecular weight is 204 g/mol. The highest BCUT2D eigenvalue weighted by Crippen LogP contribution is 2.36. The smallest absolute Gasteiger partial charge is 0.164 e. The Morgan fingerprint density at radius 1 is 1.43 bits per heavy atom. The van der Waals surface area contributed by atoms with Crippen LogP contribution >= 0.6 is 0 Å². The molecule has 2 fully saturated rings. The van der Waals surface area contributed by atoms with Crippen molar-refractivity contribution >= 4 is 0 Å². The minimum absolute atomic E-state index is 0.129. The molecule has 0 radical (unpaired) electrons. The summed E-state index contributed by atoms with van der Waals surface area (Å²) in [6.07, 6.45) is -1.78. The molecule has 5 nitrogen and oxygen atoms in total. The first-order chi connectivity index (χ1) is 6.53. The summed E-state index contributed by atoms with van der Waals surface area (Å²) >= 11 is 0. The van der Waals surface area contributed by atoms with Gasteiger partial charge in [-0.05, 0) is 13.8 Å². The van der Waals surface area contributed by atoms with Crippen LogP contribution in [0.4, 0.5) is 0 Å². The van der Waals surface area contributed by atoms with Gasteiger partial charge in [0.25, 0.3) is 0 Å². The molecule has 5 heteroatoms. The number of ether oxygens (including phenoxy) is 3. The van der Waals surface area contributed by atoms with Crippen LogP contribution in [0.5, 0.6) is 0 Å². The van der Waals surface area contributed by atoms with Crippen molar-refractivity contribution in [3.8, 4) is 0 Å². The molecule has 82 valence electrons. The van der Waals surface area contributed by atoms with Crippen LogP contribution in [0, 0.1) is 0 Å². The van der Waals surface area contributed by atoms with Crippen molar-refractivity contribution in [1.82, 2.24) is 0 Å². The quantitative estimate of drug-likeness (QED) is 0.620. The highest BCUT2D eigenvalue weighted by Gasteiger charge is 2.51. The Labute approximate surface area is 82.6 Å². The fraction of sp³-hybridized carbons (Fsp3) is 1.00. The number of aliphatic hydroxyl groups excluding tert-OH is 2. The molecule has 4 atom stereocenters. The lowest BCUT2D eigenvalue weighted by atomic mass is 10.1. The van der Waals surface area contributed by atoms with Crippen LogP contribution < -0.4 is 0 Å². The maximum atomic E-state index is 9.46. The van der Waals surface area contributed by atoms with Crippen molar-refractivity contribution in [2.75, 3.05) is 13.2 Å². The number of aliphatic hydroxyl groups is 2. The second kappa shape index (κ2) is 3.43. The Balaban J connectivity index is 2.04. The van der Waals surface area contributed by atoms with Gasteiger partial charge in [0.1, 0.15) is 24.4 Å². The first kappa shape index (κ1) is 10.3. The van der Waals surface area contributed by atoms with E-state index in [4.69, 9.17) is 19.3 Å². The highest BCUT2D eigenvalue weighted by molar-refractivity contribution is 4.95. The monoisotopic (exact) mass is 204 g/mol. The van der Waals surface area contributed by atoms with Gasteiger partial charge in [-0.1, -0.05) is 0 Å². The molecule has 2 aliphatic rings. The molecule has 0 bridgehead atoms. The zero-order valence-electron chi connectivity index (χ0n) is 8.34. The lowest BCUT2D eigenvalue weighted by molar-refractivity contribution is -0.186. The lowest BCUT2D eigenvalue weighted by Crippen LogP contribution is -2.40. The Hall–Kier alpha value is -0.200. The van der Waals surface area contributed by atoms with Gasteiger partial charge < -0.3 is 24.4 Å². The second-order valence-corrected chi connectivity index (χ2v) is 4.19. The van der Waals surface area contributed by atoms with Gasteiger partial charge in [-0.15, -0.1) is 0 Å². The summed E-state index contributed by atoms with van der Waals surface area (Å²) in [6, 6.07) is 0. The van der Waals surface area contributed by atoms with Gasteiger partial charge in [0, 0.05) is 0 Å². The van der Waals surface area contributed by atoms with Gasteiger partial charge in [-0.3, -0.25) is 0 Å². The molecule has 2 saturated heterocycles. The van der Waals surface area contributed by atoms with Crippen molar-refractivity contribution in [3.05, 3.63) is 0 Å². The minimum atomic E-state index is -0.900. The minimum Gasteiger partial charge on any atom is -0.394 e. The maximum Gasteiger partial charge on any atom is 0.164 e. The molecule has 2 rings (SSSR count). The Morgan fingerprint density at radius 3 is 2.79 bits per heavy atom. The van der Waals surface area contributed by atoms with Gasteiger partial charge in [0.15, 0.2) is 5.79 Å². The molecule has 0 aliphatic carbocycles. The largest absolute Gasteiger partial charge is 0.394 e. The van der Waals surface area contributed by atoms with E-state index in [2.05, 4.69) is 0 Å². The molecule has 0 amide bonds. The summed E-state index contributed by atoms with van der Waals surface area (Å²) in [5.74, 6) is -0.619. The molecule has 0 spiro atoms. The van der Waals surface area contributed by atoms with E-state index in [1.807, 2.05) is 13.8 Å². The summed E-state index contributed by atoms with van der Waals surface area (Å²) in [7, 11) is 0. The van der Waals surface area contributed by atoms with Crippen molar-refractivity contribution in [2.45, 2.75) is 44.1 Å². The van der Waals surface area contributed by atoms with Crippen LogP contribution in [0.1, 0.15) is 13.8 Å². The maximum absolute atomic E-state index is 9.46. The van der Waals surface area contributed by atoms with Crippen molar-refractivity contribution in [3.63, 3.8) is 0 Å². The van der Waals surface area contributed by atoms with Crippen LogP contribution in [0.3, 0.4) is 0 Å². The van der Waals surface area contributed by atoms with Crippen LogP contribution in [0.15, 0.2) is 0 Å². The zero-order chi connectivity index (χ0) is 10.3. The molecule has 0 aromatic carbocycles.